The Bertz CT molecular complexity index is 853. The van der Waals surface area contributed by atoms with Gasteiger partial charge in [-0.2, -0.15) is 0 Å². The van der Waals surface area contributed by atoms with Crippen LogP contribution in [0.5, 0.6) is 5.75 Å². The second kappa shape index (κ2) is 7.66. The highest BCUT2D eigenvalue weighted by molar-refractivity contribution is 6.00. The van der Waals surface area contributed by atoms with Crippen molar-refractivity contribution in [2.24, 2.45) is 0 Å². The van der Waals surface area contributed by atoms with E-state index >= 15 is 0 Å². The lowest BCUT2D eigenvalue weighted by molar-refractivity contribution is 0.0956. The van der Waals surface area contributed by atoms with Gasteiger partial charge in [0.05, 0.1) is 18.4 Å². The fraction of sp³-hybridized carbons (Fsp3) is 0.200. The Morgan fingerprint density at radius 3 is 2.60 bits per heavy atom. The molecule has 0 unspecified atom stereocenters. The van der Waals surface area contributed by atoms with Gasteiger partial charge in [0.15, 0.2) is 5.76 Å². The molecule has 0 saturated carbocycles. The molecule has 5 heteroatoms. The van der Waals surface area contributed by atoms with Crippen molar-refractivity contribution in [2.75, 3.05) is 13.2 Å². The van der Waals surface area contributed by atoms with Crippen LogP contribution >= 0.6 is 0 Å². The van der Waals surface area contributed by atoms with Gasteiger partial charge in [0, 0.05) is 17.7 Å². The normalized spacial score (nSPS) is 10.5. The highest BCUT2D eigenvalue weighted by Crippen LogP contribution is 2.29. The third-order valence-corrected chi connectivity index (χ3v) is 3.69. The summed E-state index contributed by atoms with van der Waals surface area (Å²) >= 11 is 0. The van der Waals surface area contributed by atoms with E-state index in [4.69, 9.17) is 9.15 Å². The number of benzene rings is 2. The zero-order valence-corrected chi connectivity index (χ0v) is 14.3. The molecule has 128 valence electrons. The summed E-state index contributed by atoms with van der Waals surface area (Å²) in [6.45, 7) is 5.02. The van der Waals surface area contributed by atoms with Crippen LogP contribution in [-0.2, 0) is 0 Å². The maximum absolute atomic E-state index is 12.2. The van der Waals surface area contributed by atoms with E-state index in [-0.39, 0.29) is 5.91 Å². The number of carbonyl (C=O) groups excluding carboxylic acids is 1. The van der Waals surface area contributed by atoms with Crippen molar-refractivity contribution in [2.45, 2.75) is 13.8 Å². The molecule has 1 amide bonds. The van der Waals surface area contributed by atoms with Crippen molar-refractivity contribution in [1.29, 1.82) is 0 Å². The largest absolute Gasteiger partial charge is 0.494 e. The first-order chi connectivity index (χ1) is 12.2. The summed E-state index contributed by atoms with van der Waals surface area (Å²) < 4.78 is 11.3. The Labute approximate surface area is 146 Å². The Morgan fingerprint density at radius 1 is 1.12 bits per heavy atom. The van der Waals surface area contributed by atoms with Crippen LogP contribution in [0.3, 0.4) is 0 Å². The Hall–Kier alpha value is -3.08. The minimum Gasteiger partial charge on any atom is -0.494 e. The predicted octanol–water partition coefficient (Wildman–Crippen LogP) is 4.16. The average Bonchev–Trinajstić information content (AvgIpc) is 3.13. The quantitative estimate of drug-likeness (QED) is 0.734. The van der Waals surface area contributed by atoms with Gasteiger partial charge in [-0.3, -0.25) is 4.79 Å². The molecule has 0 spiro atoms. The van der Waals surface area contributed by atoms with Crippen molar-refractivity contribution in [1.82, 2.24) is 10.3 Å². The maximum atomic E-state index is 12.2. The summed E-state index contributed by atoms with van der Waals surface area (Å²) in [6, 6.07) is 14.9. The van der Waals surface area contributed by atoms with E-state index in [1.807, 2.05) is 56.3 Å². The van der Waals surface area contributed by atoms with E-state index in [0.29, 0.717) is 35.9 Å². The van der Waals surface area contributed by atoms with E-state index in [1.54, 1.807) is 12.3 Å². The molecule has 3 aromatic rings. The first kappa shape index (κ1) is 16.8. The summed E-state index contributed by atoms with van der Waals surface area (Å²) in [4.78, 5) is 16.6. The summed E-state index contributed by atoms with van der Waals surface area (Å²) in [6.07, 6.45) is 1.67. The third kappa shape index (κ3) is 3.71. The first-order valence-electron chi connectivity index (χ1n) is 8.29. The Morgan fingerprint density at radius 2 is 1.88 bits per heavy atom. The van der Waals surface area contributed by atoms with Gasteiger partial charge >= 0.3 is 0 Å². The molecule has 5 nitrogen and oxygen atoms in total. The van der Waals surface area contributed by atoms with Gasteiger partial charge < -0.3 is 14.5 Å². The second-order valence-electron chi connectivity index (χ2n) is 5.39. The molecule has 1 aromatic heterocycles. The fourth-order valence-electron chi connectivity index (χ4n) is 2.54. The summed E-state index contributed by atoms with van der Waals surface area (Å²) in [7, 11) is 0. The van der Waals surface area contributed by atoms with Crippen LogP contribution in [0.2, 0.25) is 0 Å². The maximum Gasteiger partial charge on any atom is 0.252 e. The monoisotopic (exact) mass is 336 g/mol. The zero-order valence-electron chi connectivity index (χ0n) is 14.3. The minimum atomic E-state index is -0.140. The highest BCUT2D eigenvalue weighted by atomic mass is 16.5. The SMILES string of the molecule is CCNC(=O)c1ccccc1-c1ncc(-c2ccc(OCC)cc2)o1. The standard InChI is InChI=1S/C20H20N2O3/c1-3-21-19(23)16-7-5-6-8-17(16)20-22-13-18(25-20)14-9-11-15(12-10-14)24-4-2/h5-13H,3-4H2,1-2H3,(H,21,23). The lowest BCUT2D eigenvalue weighted by Crippen LogP contribution is -2.23. The lowest BCUT2D eigenvalue weighted by atomic mass is 10.1. The van der Waals surface area contributed by atoms with Crippen molar-refractivity contribution < 1.29 is 13.9 Å². The van der Waals surface area contributed by atoms with E-state index < -0.39 is 0 Å². The number of rotatable bonds is 6. The molecule has 0 radical (unpaired) electrons. The molecular weight excluding hydrogens is 316 g/mol. The van der Waals surface area contributed by atoms with Crippen LogP contribution in [0.15, 0.2) is 59.1 Å². The van der Waals surface area contributed by atoms with Crippen LogP contribution in [-0.4, -0.2) is 24.0 Å². The van der Waals surface area contributed by atoms with Crippen LogP contribution in [0.1, 0.15) is 24.2 Å². The lowest BCUT2D eigenvalue weighted by Gasteiger charge is -2.06. The van der Waals surface area contributed by atoms with Crippen molar-refractivity contribution in [3.8, 4) is 28.5 Å². The van der Waals surface area contributed by atoms with Crippen LogP contribution in [0.4, 0.5) is 0 Å². The number of aromatic nitrogens is 1. The van der Waals surface area contributed by atoms with E-state index in [0.717, 1.165) is 11.3 Å². The second-order valence-corrected chi connectivity index (χ2v) is 5.39. The third-order valence-electron chi connectivity index (χ3n) is 3.69. The zero-order chi connectivity index (χ0) is 17.6. The van der Waals surface area contributed by atoms with E-state index in [2.05, 4.69) is 10.3 Å². The van der Waals surface area contributed by atoms with Gasteiger partial charge in [-0.05, 0) is 50.2 Å². The van der Waals surface area contributed by atoms with Gasteiger partial charge in [-0.25, -0.2) is 4.98 Å². The number of hydrogen-bond acceptors (Lipinski definition) is 4. The molecule has 0 aliphatic heterocycles. The number of amides is 1. The van der Waals surface area contributed by atoms with Crippen molar-refractivity contribution in [3.63, 3.8) is 0 Å². The molecule has 0 aliphatic rings. The van der Waals surface area contributed by atoms with Gasteiger partial charge in [0.25, 0.3) is 5.91 Å². The van der Waals surface area contributed by atoms with E-state index in [9.17, 15) is 4.79 Å². The highest BCUT2D eigenvalue weighted by Gasteiger charge is 2.16. The molecule has 0 fully saturated rings. The number of nitrogens with one attached hydrogen (secondary N) is 1. The molecule has 3 rings (SSSR count). The van der Waals surface area contributed by atoms with Gasteiger partial charge in [-0.15, -0.1) is 0 Å². The predicted molar refractivity (Wildman–Crippen MR) is 96.6 cm³/mol. The number of ether oxygens (including phenoxy) is 1. The topological polar surface area (TPSA) is 64.4 Å². The summed E-state index contributed by atoms with van der Waals surface area (Å²) in [5.74, 6) is 1.74. The first-order valence-corrected chi connectivity index (χ1v) is 8.29. The van der Waals surface area contributed by atoms with Crippen molar-refractivity contribution >= 4 is 5.91 Å². The van der Waals surface area contributed by atoms with Crippen molar-refractivity contribution in [3.05, 3.63) is 60.3 Å². The minimum absolute atomic E-state index is 0.140. The Balaban J connectivity index is 1.90. The van der Waals surface area contributed by atoms with Crippen LogP contribution in [0, 0.1) is 0 Å². The number of hydrogen-bond donors (Lipinski definition) is 1. The molecule has 2 aromatic carbocycles. The molecule has 1 heterocycles. The van der Waals surface area contributed by atoms with E-state index in [1.165, 1.54) is 0 Å². The number of carbonyl (C=O) groups is 1. The molecule has 25 heavy (non-hydrogen) atoms. The average molecular weight is 336 g/mol. The van der Waals surface area contributed by atoms with Crippen LogP contribution < -0.4 is 10.1 Å². The molecule has 1 N–H and O–H groups in total. The molecular formula is C20H20N2O3. The van der Waals surface area contributed by atoms with Gasteiger partial charge in [-0.1, -0.05) is 12.1 Å². The van der Waals surface area contributed by atoms with Gasteiger partial charge in [0.1, 0.15) is 5.75 Å². The van der Waals surface area contributed by atoms with Crippen LogP contribution in [0.25, 0.3) is 22.8 Å². The summed E-state index contributed by atoms with van der Waals surface area (Å²) in [5, 5.41) is 2.81. The number of nitrogens with zero attached hydrogens (tertiary/aromatic N) is 1. The molecule has 0 saturated heterocycles. The molecule has 0 aliphatic carbocycles. The summed E-state index contributed by atoms with van der Waals surface area (Å²) in [5.41, 5.74) is 2.12. The fourth-order valence-corrected chi connectivity index (χ4v) is 2.54. The Kier molecular flexibility index (Phi) is 5.14. The molecule has 0 bridgehead atoms. The van der Waals surface area contributed by atoms with Gasteiger partial charge in [0.2, 0.25) is 5.89 Å². The smallest absolute Gasteiger partial charge is 0.252 e. The number of oxazole rings is 1. The molecule has 0 atom stereocenters.